The van der Waals surface area contributed by atoms with Crippen LogP contribution in [0, 0.1) is 0 Å². The summed E-state index contributed by atoms with van der Waals surface area (Å²) in [7, 11) is 0. The molecule has 0 aliphatic rings. The summed E-state index contributed by atoms with van der Waals surface area (Å²) < 4.78 is 5.60. The van der Waals surface area contributed by atoms with Crippen LogP contribution in [0.1, 0.15) is 18.1 Å². The maximum atomic E-state index is 12.3. The topological polar surface area (TPSA) is 42.2 Å². The summed E-state index contributed by atoms with van der Waals surface area (Å²) in [4.78, 5) is 13.4. The molecule has 0 spiro atoms. The summed E-state index contributed by atoms with van der Waals surface area (Å²) in [6.07, 6.45) is 4.98. The van der Waals surface area contributed by atoms with Crippen molar-refractivity contribution in [3.63, 3.8) is 0 Å². The van der Waals surface area contributed by atoms with Crippen LogP contribution in [-0.2, 0) is 17.6 Å². The first-order valence-corrected chi connectivity index (χ1v) is 8.85. The van der Waals surface area contributed by atoms with E-state index in [2.05, 4.69) is 18.3 Å². The lowest BCUT2D eigenvalue weighted by atomic mass is 10.1. The zero-order chi connectivity index (χ0) is 16.2. The van der Waals surface area contributed by atoms with Crippen molar-refractivity contribution in [3.8, 4) is 0 Å². The minimum Gasteiger partial charge on any atom is -0.464 e. The average Bonchev–Trinajstić information content (AvgIpc) is 2.97. The van der Waals surface area contributed by atoms with Crippen molar-refractivity contribution >= 4 is 34.3 Å². The quantitative estimate of drug-likeness (QED) is 0.679. The normalized spacial score (nSPS) is 10.9. The molecule has 0 fully saturated rings. The van der Waals surface area contributed by atoms with Crippen LogP contribution in [-0.4, -0.2) is 12.2 Å². The van der Waals surface area contributed by atoms with Gasteiger partial charge >= 0.3 is 0 Å². The fraction of sp³-hybridized carbons (Fsp3) is 0.211. The zero-order valence-corrected chi connectivity index (χ0v) is 14.1. The Labute approximate surface area is 140 Å². The molecule has 23 heavy (non-hydrogen) atoms. The second kappa shape index (κ2) is 6.92. The zero-order valence-electron chi connectivity index (χ0n) is 13.3. The van der Waals surface area contributed by atoms with E-state index in [0.717, 1.165) is 33.5 Å². The van der Waals surface area contributed by atoms with Crippen molar-refractivity contribution < 1.29 is 9.21 Å². The molecule has 0 saturated carbocycles. The Balaban J connectivity index is 1.75. The van der Waals surface area contributed by atoms with Gasteiger partial charge in [-0.05, 0) is 42.5 Å². The Hall–Kier alpha value is -2.20. The Morgan fingerprint density at radius 2 is 2.09 bits per heavy atom. The van der Waals surface area contributed by atoms with E-state index in [9.17, 15) is 4.79 Å². The number of aryl methyl sites for hydroxylation is 1. The van der Waals surface area contributed by atoms with Crippen LogP contribution in [0.2, 0.25) is 0 Å². The molecule has 0 unspecified atom stereocenters. The summed E-state index contributed by atoms with van der Waals surface area (Å²) in [5.74, 6) is -0.0366. The van der Waals surface area contributed by atoms with Crippen molar-refractivity contribution in [2.45, 2.75) is 24.7 Å². The number of carbonyl (C=O) groups is 1. The van der Waals surface area contributed by atoms with Gasteiger partial charge in [0.15, 0.2) is 0 Å². The predicted molar refractivity (Wildman–Crippen MR) is 96.1 cm³/mol. The molecule has 1 heterocycles. The molecule has 2 aromatic carbocycles. The number of fused-ring (bicyclic) bond motifs is 1. The number of anilines is 1. The molecule has 3 nitrogen and oxygen atoms in total. The van der Waals surface area contributed by atoms with Gasteiger partial charge in [0.25, 0.3) is 0 Å². The molecular formula is C19H19NO2S. The number of hydrogen-bond acceptors (Lipinski definition) is 3. The van der Waals surface area contributed by atoms with Gasteiger partial charge in [-0.2, -0.15) is 0 Å². The standard InChI is InChI=1S/C19H19NO2S/c1-3-13-7-8-17-14(12-22-18(17)9-13)10-19(21)20-15-5-4-6-16(11-15)23-2/h4-9,11-12H,3,10H2,1-2H3,(H,20,21). The molecule has 0 radical (unpaired) electrons. The average molecular weight is 325 g/mol. The monoisotopic (exact) mass is 325 g/mol. The molecule has 0 atom stereocenters. The maximum Gasteiger partial charge on any atom is 0.228 e. The fourth-order valence-electron chi connectivity index (χ4n) is 2.56. The molecular weight excluding hydrogens is 306 g/mol. The van der Waals surface area contributed by atoms with Crippen LogP contribution in [0.15, 0.2) is 58.0 Å². The first-order chi connectivity index (χ1) is 11.2. The van der Waals surface area contributed by atoms with Crippen LogP contribution in [0.5, 0.6) is 0 Å². The Morgan fingerprint density at radius 1 is 1.22 bits per heavy atom. The minimum absolute atomic E-state index is 0.0366. The first-order valence-electron chi connectivity index (χ1n) is 7.62. The van der Waals surface area contributed by atoms with Gasteiger partial charge in [-0.15, -0.1) is 11.8 Å². The molecule has 1 N–H and O–H groups in total. The number of thioether (sulfide) groups is 1. The highest BCUT2D eigenvalue weighted by molar-refractivity contribution is 7.98. The van der Waals surface area contributed by atoms with Crippen LogP contribution in [0.25, 0.3) is 11.0 Å². The highest BCUT2D eigenvalue weighted by Gasteiger charge is 2.11. The molecule has 3 aromatic rings. The second-order valence-electron chi connectivity index (χ2n) is 5.40. The number of rotatable bonds is 5. The van der Waals surface area contributed by atoms with Gasteiger partial charge in [-0.25, -0.2) is 0 Å². The van der Waals surface area contributed by atoms with E-state index >= 15 is 0 Å². The number of carbonyl (C=O) groups excluding carboxylic acids is 1. The second-order valence-corrected chi connectivity index (χ2v) is 6.28. The third kappa shape index (κ3) is 3.59. The lowest BCUT2D eigenvalue weighted by molar-refractivity contribution is -0.115. The number of benzene rings is 2. The van der Waals surface area contributed by atoms with Crippen molar-refractivity contribution in [2.24, 2.45) is 0 Å². The van der Waals surface area contributed by atoms with Crippen molar-refractivity contribution in [1.82, 2.24) is 0 Å². The van der Waals surface area contributed by atoms with Gasteiger partial charge in [0.05, 0.1) is 12.7 Å². The van der Waals surface area contributed by atoms with Gasteiger partial charge in [-0.1, -0.05) is 25.1 Å². The summed E-state index contributed by atoms with van der Waals surface area (Å²) in [6.45, 7) is 2.11. The molecule has 3 rings (SSSR count). The molecule has 0 saturated heterocycles. The number of hydrogen-bond donors (Lipinski definition) is 1. The highest BCUT2D eigenvalue weighted by atomic mass is 32.2. The predicted octanol–water partition coefficient (Wildman–Crippen LogP) is 4.90. The highest BCUT2D eigenvalue weighted by Crippen LogP contribution is 2.24. The Bertz CT molecular complexity index is 838. The summed E-state index contributed by atoms with van der Waals surface area (Å²) in [5, 5.41) is 3.96. The molecule has 4 heteroatoms. The number of amides is 1. The largest absolute Gasteiger partial charge is 0.464 e. The van der Waals surface area contributed by atoms with Crippen LogP contribution in [0.3, 0.4) is 0 Å². The lowest BCUT2D eigenvalue weighted by Gasteiger charge is -2.06. The molecule has 118 valence electrons. The van der Waals surface area contributed by atoms with E-state index in [-0.39, 0.29) is 5.91 Å². The molecule has 0 aliphatic heterocycles. The van der Waals surface area contributed by atoms with E-state index in [4.69, 9.17) is 4.42 Å². The van der Waals surface area contributed by atoms with Crippen LogP contribution >= 0.6 is 11.8 Å². The summed E-state index contributed by atoms with van der Waals surface area (Å²) in [6, 6.07) is 14.0. The van der Waals surface area contributed by atoms with Gasteiger partial charge in [-0.3, -0.25) is 4.79 Å². The Kier molecular flexibility index (Phi) is 4.72. The van der Waals surface area contributed by atoms with Crippen molar-refractivity contribution in [1.29, 1.82) is 0 Å². The van der Waals surface area contributed by atoms with E-state index in [0.29, 0.717) is 6.42 Å². The third-order valence-electron chi connectivity index (χ3n) is 3.83. The van der Waals surface area contributed by atoms with Crippen LogP contribution in [0.4, 0.5) is 5.69 Å². The van der Waals surface area contributed by atoms with E-state index < -0.39 is 0 Å². The summed E-state index contributed by atoms with van der Waals surface area (Å²) >= 11 is 1.65. The first kappa shape index (κ1) is 15.7. The van der Waals surface area contributed by atoms with Crippen LogP contribution < -0.4 is 5.32 Å². The van der Waals surface area contributed by atoms with Gasteiger partial charge < -0.3 is 9.73 Å². The van der Waals surface area contributed by atoms with Gasteiger partial charge in [0, 0.05) is 21.5 Å². The third-order valence-corrected chi connectivity index (χ3v) is 4.56. The van der Waals surface area contributed by atoms with Gasteiger partial charge in [0.1, 0.15) is 5.58 Å². The smallest absolute Gasteiger partial charge is 0.228 e. The Morgan fingerprint density at radius 3 is 2.87 bits per heavy atom. The van der Waals surface area contributed by atoms with E-state index in [1.807, 2.05) is 42.7 Å². The molecule has 1 amide bonds. The molecule has 0 bridgehead atoms. The number of nitrogens with one attached hydrogen (secondary N) is 1. The minimum atomic E-state index is -0.0366. The van der Waals surface area contributed by atoms with Crippen molar-refractivity contribution in [3.05, 3.63) is 59.9 Å². The van der Waals surface area contributed by atoms with Gasteiger partial charge in [0.2, 0.25) is 5.91 Å². The van der Waals surface area contributed by atoms with E-state index in [1.54, 1.807) is 18.0 Å². The SMILES string of the molecule is CCc1ccc2c(CC(=O)Nc3cccc(SC)c3)coc2c1. The van der Waals surface area contributed by atoms with E-state index in [1.165, 1.54) is 5.56 Å². The fourth-order valence-corrected chi connectivity index (χ4v) is 3.02. The number of furan rings is 1. The molecule has 1 aromatic heterocycles. The molecule has 0 aliphatic carbocycles. The van der Waals surface area contributed by atoms with Crippen molar-refractivity contribution in [2.75, 3.05) is 11.6 Å². The summed E-state index contributed by atoms with van der Waals surface area (Å²) in [5.41, 5.74) is 3.82. The maximum absolute atomic E-state index is 12.3. The lowest BCUT2D eigenvalue weighted by Crippen LogP contribution is -2.14.